The number of aromatic nitrogens is 1. The summed E-state index contributed by atoms with van der Waals surface area (Å²) in [7, 11) is 2.55. The summed E-state index contributed by atoms with van der Waals surface area (Å²) in [6.45, 7) is 1.25. The Morgan fingerprint density at radius 1 is 1.43 bits per heavy atom. The number of nitrogens with zero attached hydrogens (tertiary/aromatic N) is 1. The van der Waals surface area contributed by atoms with Crippen molar-refractivity contribution < 1.29 is 23.1 Å². The van der Waals surface area contributed by atoms with Gasteiger partial charge >= 0.3 is 6.18 Å². The standard InChI is InChI=1S/C12H16F3N3O3/c1-6(11(21)16-2)17-10(12(13,14)15)8-9(20)7(19)4-5-18(8)3/h4-6,10,17,20H,1-3H3,(H,16,21)/t6-,10?/m1/s1. The fourth-order valence-electron chi connectivity index (χ4n) is 1.84. The Labute approximate surface area is 118 Å². The molecule has 1 aromatic rings. The summed E-state index contributed by atoms with van der Waals surface area (Å²) in [4.78, 5) is 22.7. The van der Waals surface area contributed by atoms with Gasteiger partial charge in [-0.3, -0.25) is 14.9 Å². The van der Waals surface area contributed by atoms with Gasteiger partial charge in [-0.05, 0) is 6.92 Å². The molecule has 1 amide bonds. The van der Waals surface area contributed by atoms with Gasteiger partial charge in [-0.25, -0.2) is 0 Å². The van der Waals surface area contributed by atoms with Crippen LogP contribution in [0.5, 0.6) is 5.75 Å². The van der Waals surface area contributed by atoms with E-state index in [1.165, 1.54) is 21.0 Å². The van der Waals surface area contributed by atoms with Crippen molar-refractivity contribution in [2.75, 3.05) is 7.05 Å². The van der Waals surface area contributed by atoms with Crippen LogP contribution in [0.15, 0.2) is 17.1 Å². The number of alkyl halides is 3. The predicted molar refractivity (Wildman–Crippen MR) is 68.8 cm³/mol. The smallest absolute Gasteiger partial charge is 0.409 e. The molecule has 118 valence electrons. The highest BCUT2D eigenvalue weighted by Gasteiger charge is 2.45. The molecule has 0 fully saturated rings. The number of carbonyl (C=O) groups excluding carboxylic acids is 1. The summed E-state index contributed by atoms with van der Waals surface area (Å²) < 4.78 is 40.6. The fraction of sp³-hybridized carbons (Fsp3) is 0.500. The number of halogens is 3. The van der Waals surface area contributed by atoms with Crippen LogP contribution in [0.4, 0.5) is 13.2 Å². The third kappa shape index (κ3) is 3.75. The number of amides is 1. The van der Waals surface area contributed by atoms with Crippen LogP contribution in [0.2, 0.25) is 0 Å². The first kappa shape index (κ1) is 17.0. The summed E-state index contributed by atoms with van der Waals surface area (Å²) in [6, 6.07) is -2.57. The SMILES string of the molecule is CNC(=O)[C@@H](C)NC(c1c(O)c(=O)ccn1C)C(F)(F)F. The quantitative estimate of drug-likeness (QED) is 0.753. The molecule has 0 bridgehead atoms. The van der Waals surface area contributed by atoms with Crippen LogP contribution in [0.1, 0.15) is 18.7 Å². The molecule has 9 heteroatoms. The molecule has 0 aliphatic rings. The molecule has 0 radical (unpaired) electrons. The van der Waals surface area contributed by atoms with Gasteiger partial charge < -0.3 is 15.0 Å². The molecular formula is C12H16F3N3O3. The van der Waals surface area contributed by atoms with E-state index in [4.69, 9.17) is 0 Å². The van der Waals surface area contributed by atoms with Gasteiger partial charge in [-0.1, -0.05) is 0 Å². The van der Waals surface area contributed by atoms with Crippen LogP contribution >= 0.6 is 0 Å². The van der Waals surface area contributed by atoms with Crippen LogP contribution in [-0.2, 0) is 11.8 Å². The first-order chi connectivity index (χ1) is 9.59. The molecule has 0 aliphatic heterocycles. The molecule has 1 rings (SSSR count). The minimum atomic E-state index is -4.80. The zero-order chi connectivity index (χ0) is 16.4. The fourth-order valence-corrected chi connectivity index (χ4v) is 1.84. The van der Waals surface area contributed by atoms with E-state index in [-0.39, 0.29) is 0 Å². The Balaban J connectivity index is 3.32. The second-order valence-corrected chi connectivity index (χ2v) is 4.50. The Bertz CT molecular complexity index is 583. The maximum atomic E-state index is 13.2. The summed E-state index contributed by atoms with van der Waals surface area (Å²) >= 11 is 0. The lowest BCUT2D eigenvalue weighted by Crippen LogP contribution is -2.47. The predicted octanol–water partition coefficient (Wildman–Crippen LogP) is 0.418. The normalized spacial score (nSPS) is 14.6. The van der Waals surface area contributed by atoms with E-state index < -0.39 is 41.0 Å². The van der Waals surface area contributed by atoms with Gasteiger partial charge in [0.05, 0.1) is 11.7 Å². The average Bonchev–Trinajstić information content (AvgIpc) is 2.39. The number of aromatic hydroxyl groups is 1. The molecule has 0 saturated heterocycles. The lowest BCUT2D eigenvalue weighted by molar-refractivity contribution is -0.162. The van der Waals surface area contributed by atoms with E-state index in [0.29, 0.717) is 0 Å². The van der Waals surface area contributed by atoms with Crippen molar-refractivity contribution in [1.82, 2.24) is 15.2 Å². The number of rotatable bonds is 4. The Morgan fingerprint density at radius 2 is 2.00 bits per heavy atom. The van der Waals surface area contributed by atoms with Crippen molar-refractivity contribution in [3.05, 3.63) is 28.2 Å². The lowest BCUT2D eigenvalue weighted by Gasteiger charge is -2.27. The van der Waals surface area contributed by atoms with Gasteiger partial charge in [-0.2, -0.15) is 13.2 Å². The van der Waals surface area contributed by atoms with Gasteiger partial charge in [0, 0.05) is 26.4 Å². The maximum absolute atomic E-state index is 13.2. The summed E-state index contributed by atoms with van der Waals surface area (Å²) in [5.41, 5.74) is -1.57. The van der Waals surface area contributed by atoms with Crippen LogP contribution in [0.25, 0.3) is 0 Å². The van der Waals surface area contributed by atoms with Gasteiger partial charge in [0.15, 0.2) is 5.75 Å². The van der Waals surface area contributed by atoms with Crippen LogP contribution < -0.4 is 16.1 Å². The lowest BCUT2D eigenvalue weighted by atomic mass is 10.1. The number of nitrogens with one attached hydrogen (secondary N) is 2. The van der Waals surface area contributed by atoms with Crippen LogP contribution in [0.3, 0.4) is 0 Å². The van der Waals surface area contributed by atoms with Gasteiger partial charge in [-0.15, -0.1) is 0 Å². The van der Waals surface area contributed by atoms with Gasteiger partial charge in [0.1, 0.15) is 6.04 Å². The molecule has 1 heterocycles. The van der Waals surface area contributed by atoms with Crippen molar-refractivity contribution in [1.29, 1.82) is 0 Å². The second kappa shape index (κ2) is 6.17. The van der Waals surface area contributed by atoms with Crippen molar-refractivity contribution >= 4 is 5.91 Å². The molecule has 3 N–H and O–H groups in total. The maximum Gasteiger partial charge on any atom is 0.409 e. The summed E-state index contributed by atoms with van der Waals surface area (Å²) in [5, 5.41) is 13.9. The number of hydrogen-bond acceptors (Lipinski definition) is 4. The zero-order valence-corrected chi connectivity index (χ0v) is 11.7. The summed E-state index contributed by atoms with van der Waals surface area (Å²) in [5.74, 6) is -1.65. The first-order valence-corrected chi connectivity index (χ1v) is 6.02. The Morgan fingerprint density at radius 3 is 2.48 bits per heavy atom. The van der Waals surface area contributed by atoms with Crippen LogP contribution in [0, 0.1) is 0 Å². The van der Waals surface area contributed by atoms with E-state index in [2.05, 4.69) is 10.6 Å². The highest BCUT2D eigenvalue weighted by Crippen LogP contribution is 2.35. The highest BCUT2D eigenvalue weighted by molar-refractivity contribution is 5.81. The van der Waals surface area contributed by atoms with Gasteiger partial charge in [0.2, 0.25) is 11.3 Å². The molecule has 1 aromatic heterocycles. The topological polar surface area (TPSA) is 83.4 Å². The highest BCUT2D eigenvalue weighted by atomic mass is 19.4. The number of carbonyl (C=O) groups is 1. The van der Waals surface area contributed by atoms with E-state index in [1.54, 1.807) is 0 Å². The van der Waals surface area contributed by atoms with E-state index in [9.17, 15) is 27.9 Å². The summed E-state index contributed by atoms with van der Waals surface area (Å²) in [6.07, 6.45) is -3.69. The molecule has 2 atom stereocenters. The molecular weight excluding hydrogens is 291 g/mol. The largest absolute Gasteiger partial charge is 0.503 e. The van der Waals surface area contributed by atoms with Crippen molar-refractivity contribution in [3.8, 4) is 5.75 Å². The molecule has 6 nitrogen and oxygen atoms in total. The molecule has 0 aromatic carbocycles. The van der Waals surface area contributed by atoms with E-state index >= 15 is 0 Å². The van der Waals surface area contributed by atoms with E-state index in [0.717, 1.165) is 16.8 Å². The number of aryl methyl sites for hydroxylation is 1. The average molecular weight is 307 g/mol. The number of pyridine rings is 1. The number of hydrogen-bond donors (Lipinski definition) is 3. The van der Waals surface area contributed by atoms with Crippen molar-refractivity contribution in [3.63, 3.8) is 0 Å². The third-order valence-electron chi connectivity index (χ3n) is 2.96. The van der Waals surface area contributed by atoms with Crippen LogP contribution in [-0.4, -0.2) is 34.8 Å². The third-order valence-corrected chi connectivity index (χ3v) is 2.96. The first-order valence-electron chi connectivity index (χ1n) is 6.02. The molecule has 21 heavy (non-hydrogen) atoms. The van der Waals surface area contributed by atoms with Gasteiger partial charge in [0.25, 0.3) is 0 Å². The van der Waals surface area contributed by atoms with E-state index in [1.807, 2.05) is 0 Å². The molecule has 0 saturated carbocycles. The van der Waals surface area contributed by atoms with Crippen molar-refractivity contribution in [2.45, 2.75) is 25.2 Å². The Kier molecular flexibility index (Phi) is 5.00. The van der Waals surface area contributed by atoms with Crippen molar-refractivity contribution in [2.24, 2.45) is 7.05 Å². The molecule has 0 spiro atoms. The zero-order valence-electron chi connectivity index (χ0n) is 11.7. The monoisotopic (exact) mass is 307 g/mol. The minimum absolute atomic E-state index is 0.647. The molecule has 1 unspecified atom stereocenters. The number of likely N-dealkylation sites (N-methyl/N-ethyl adjacent to an activating group) is 1. The minimum Gasteiger partial charge on any atom is -0.503 e. The molecule has 0 aliphatic carbocycles. The Hall–Kier alpha value is -2.03. The second-order valence-electron chi connectivity index (χ2n) is 4.50.